The maximum Gasteiger partial charge on any atom is 0.138 e. The number of halogens is 2. The number of nitrogens with zero attached hydrogens (tertiary/aromatic N) is 1. The first-order valence-electron chi connectivity index (χ1n) is 5.91. The Balaban J connectivity index is 0.00000162. The molecule has 0 saturated carbocycles. The molecular weight excluding hydrogens is 271 g/mol. The molecule has 18 heavy (non-hydrogen) atoms. The molecule has 0 radical (unpaired) electrons. The van der Waals surface area contributed by atoms with Crippen LogP contribution in [-0.2, 0) is 6.42 Å². The molecule has 1 aliphatic heterocycles. The molecule has 5 heteroatoms. The van der Waals surface area contributed by atoms with Crippen LogP contribution in [0.2, 0.25) is 5.15 Å². The van der Waals surface area contributed by atoms with Crippen molar-refractivity contribution in [2.75, 3.05) is 13.2 Å². The largest absolute Gasteiger partial charge is 0.490 e. The van der Waals surface area contributed by atoms with E-state index in [4.69, 9.17) is 16.3 Å². The average Bonchev–Trinajstić information content (AvgIpc) is 2.83. The van der Waals surface area contributed by atoms with Crippen molar-refractivity contribution < 1.29 is 4.74 Å². The standard InChI is InChI=1S/C13H17ClN2O.ClH/c1-2-4-10-7-12(8-16-13(10)14)17-9-11-5-3-6-15-11;/h2,7-8,11,15H,1,3-6,9H2;1H/t11-;/m1./s1. The Labute approximate surface area is 119 Å². The summed E-state index contributed by atoms with van der Waals surface area (Å²) in [5.41, 5.74) is 0.957. The van der Waals surface area contributed by atoms with Crippen LogP contribution in [0.4, 0.5) is 0 Å². The van der Waals surface area contributed by atoms with Gasteiger partial charge in [0.25, 0.3) is 0 Å². The first kappa shape index (κ1) is 15.3. The van der Waals surface area contributed by atoms with Crippen molar-refractivity contribution in [2.24, 2.45) is 0 Å². The molecule has 0 aromatic carbocycles. The molecule has 1 fully saturated rings. The first-order chi connectivity index (χ1) is 8.29. The molecule has 1 aromatic rings. The normalized spacial score (nSPS) is 18.2. The maximum absolute atomic E-state index is 5.98. The Bertz CT molecular complexity index is 393. The highest BCUT2D eigenvalue weighted by molar-refractivity contribution is 6.30. The Morgan fingerprint density at radius 2 is 2.44 bits per heavy atom. The molecule has 1 saturated heterocycles. The minimum absolute atomic E-state index is 0. The Kier molecular flexibility index (Phi) is 6.47. The fourth-order valence-corrected chi connectivity index (χ4v) is 2.13. The van der Waals surface area contributed by atoms with E-state index in [2.05, 4.69) is 16.9 Å². The fraction of sp³-hybridized carbons (Fsp3) is 0.462. The van der Waals surface area contributed by atoms with Crippen LogP contribution in [0.3, 0.4) is 0 Å². The van der Waals surface area contributed by atoms with Gasteiger partial charge in [0.15, 0.2) is 0 Å². The van der Waals surface area contributed by atoms with Gasteiger partial charge < -0.3 is 10.1 Å². The third-order valence-corrected chi connectivity index (χ3v) is 3.20. The summed E-state index contributed by atoms with van der Waals surface area (Å²) in [7, 11) is 0. The van der Waals surface area contributed by atoms with Crippen molar-refractivity contribution in [2.45, 2.75) is 25.3 Å². The third-order valence-electron chi connectivity index (χ3n) is 2.86. The van der Waals surface area contributed by atoms with Crippen LogP contribution >= 0.6 is 24.0 Å². The zero-order chi connectivity index (χ0) is 12.1. The van der Waals surface area contributed by atoms with Crippen molar-refractivity contribution in [1.29, 1.82) is 0 Å². The maximum atomic E-state index is 5.98. The number of aromatic nitrogens is 1. The van der Waals surface area contributed by atoms with Gasteiger partial charge in [0.1, 0.15) is 17.5 Å². The smallest absolute Gasteiger partial charge is 0.138 e. The van der Waals surface area contributed by atoms with Crippen LogP contribution < -0.4 is 10.1 Å². The molecular formula is C13H18Cl2N2O. The van der Waals surface area contributed by atoms with E-state index in [1.165, 1.54) is 12.8 Å². The van der Waals surface area contributed by atoms with Crippen LogP contribution in [0.25, 0.3) is 0 Å². The lowest BCUT2D eigenvalue weighted by atomic mass is 10.2. The second-order valence-corrected chi connectivity index (χ2v) is 4.58. The van der Waals surface area contributed by atoms with Gasteiger partial charge in [0, 0.05) is 6.04 Å². The quantitative estimate of drug-likeness (QED) is 0.668. The van der Waals surface area contributed by atoms with E-state index in [-0.39, 0.29) is 12.4 Å². The van der Waals surface area contributed by atoms with Crippen LogP contribution in [0.15, 0.2) is 24.9 Å². The lowest BCUT2D eigenvalue weighted by Crippen LogP contribution is -2.28. The summed E-state index contributed by atoms with van der Waals surface area (Å²) in [6.45, 7) is 5.48. The topological polar surface area (TPSA) is 34.1 Å². The van der Waals surface area contributed by atoms with Crippen molar-refractivity contribution in [3.8, 4) is 5.75 Å². The second kappa shape index (κ2) is 7.62. The second-order valence-electron chi connectivity index (χ2n) is 4.22. The van der Waals surface area contributed by atoms with Crippen molar-refractivity contribution in [1.82, 2.24) is 10.3 Å². The van der Waals surface area contributed by atoms with Crippen LogP contribution in [-0.4, -0.2) is 24.2 Å². The minimum Gasteiger partial charge on any atom is -0.490 e. The van der Waals surface area contributed by atoms with E-state index in [1.807, 2.05) is 12.1 Å². The highest BCUT2D eigenvalue weighted by Gasteiger charge is 2.14. The lowest BCUT2D eigenvalue weighted by molar-refractivity contribution is 0.276. The summed E-state index contributed by atoms with van der Waals surface area (Å²) >= 11 is 5.98. The highest BCUT2D eigenvalue weighted by Crippen LogP contribution is 2.20. The van der Waals surface area contributed by atoms with E-state index in [9.17, 15) is 0 Å². The Hall–Kier alpha value is -0.770. The van der Waals surface area contributed by atoms with Gasteiger partial charge in [0.05, 0.1) is 6.20 Å². The van der Waals surface area contributed by atoms with Crippen LogP contribution in [0.5, 0.6) is 5.75 Å². The summed E-state index contributed by atoms with van der Waals surface area (Å²) in [4.78, 5) is 4.12. The summed E-state index contributed by atoms with van der Waals surface area (Å²) in [6, 6.07) is 2.40. The van der Waals surface area contributed by atoms with E-state index in [0.717, 1.165) is 17.9 Å². The average molecular weight is 289 g/mol. The summed E-state index contributed by atoms with van der Waals surface area (Å²) < 4.78 is 5.71. The third kappa shape index (κ3) is 4.16. The number of hydrogen-bond donors (Lipinski definition) is 1. The van der Waals surface area contributed by atoms with Gasteiger partial charge in [-0.3, -0.25) is 0 Å². The Morgan fingerprint density at radius 1 is 1.61 bits per heavy atom. The molecule has 0 spiro atoms. The van der Waals surface area contributed by atoms with Crippen LogP contribution in [0, 0.1) is 0 Å². The van der Waals surface area contributed by atoms with Gasteiger partial charge in [0.2, 0.25) is 0 Å². The SMILES string of the molecule is C=CCc1cc(OC[C@H]2CCCN2)cnc1Cl.Cl. The number of ether oxygens (including phenoxy) is 1. The van der Waals surface area contributed by atoms with Gasteiger partial charge >= 0.3 is 0 Å². The zero-order valence-corrected chi connectivity index (χ0v) is 11.8. The van der Waals surface area contributed by atoms with E-state index < -0.39 is 0 Å². The predicted molar refractivity (Wildman–Crippen MR) is 76.9 cm³/mol. The minimum atomic E-state index is 0. The van der Waals surface area contributed by atoms with Gasteiger partial charge in [-0.25, -0.2) is 4.98 Å². The van der Waals surface area contributed by atoms with Gasteiger partial charge in [-0.1, -0.05) is 17.7 Å². The molecule has 3 nitrogen and oxygen atoms in total. The van der Waals surface area contributed by atoms with E-state index in [0.29, 0.717) is 24.2 Å². The van der Waals surface area contributed by atoms with Crippen molar-refractivity contribution >= 4 is 24.0 Å². The monoisotopic (exact) mass is 288 g/mol. The highest BCUT2D eigenvalue weighted by atomic mass is 35.5. The summed E-state index contributed by atoms with van der Waals surface area (Å²) in [5, 5.41) is 3.91. The molecule has 2 rings (SSSR count). The Morgan fingerprint density at radius 3 is 3.11 bits per heavy atom. The first-order valence-corrected chi connectivity index (χ1v) is 6.29. The number of nitrogens with one attached hydrogen (secondary N) is 1. The van der Waals surface area contributed by atoms with Crippen molar-refractivity contribution in [3.05, 3.63) is 35.6 Å². The molecule has 1 N–H and O–H groups in total. The molecule has 0 unspecified atom stereocenters. The lowest BCUT2D eigenvalue weighted by Gasteiger charge is -2.12. The summed E-state index contributed by atoms with van der Waals surface area (Å²) in [5.74, 6) is 0.778. The molecule has 0 bridgehead atoms. The molecule has 1 aromatic heterocycles. The molecule has 0 aliphatic carbocycles. The number of hydrogen-bond acceptors (Lipinski definition) is 3. The van der Waals surface area contributed by atoms with Gasteiger partial charge in [-0.05, 0) is 37.4 Å². The fourth-order valence-electron chi connectivity index (χ4n) is 1.95. The van der Waals surface area contributed by atoms with Crippen molar-refractivity contribution in [3.63, 3.8) is 0 Å². The number of allylic oxidation sites excluding steroid dienone is 1. The molecule has 1 aliphatic rings. The number of rotatable bonds is 5. The molecule has 1 atom stereocenters. The van der Waals surface area contributed by atoms with Gasteiger partial charge in [-0.15, -0.1) is 19.0 Å². The van der Waals surface area contributed by atoms with Crippen LogP contribution in [0.1, 0.15) is 18.4 Å². The van der Waals surface area contributed by atoms with E-state index in [1.54, 1.807) is 6.20 Å². The molecule has 0 amide bonds. The van der Waals surface area contributed by atoms with Gasteiger partial charge in [-0.2, -0.15) is 0 Å². The zero-order valence-electron chi connectivity index (χ0n) is 10.2. The number of pyridine rings is 1. The summed E-state index contributed by atoms with van der Waals surface area (Å²) in [6.07, 6.45) is 6.61. The molecule has 100 valence electrons. The predicted octanol–water partition coefficient (Wildman–Crippen LogP) is 3.02. The van der Waals surface area contributed by atoms with E-state index >= 15 is 0 Å². The molecule has 2 heterocycles.